The Morgan fingerprint density at radius 2 is 1.50 bits per heavy atom. The molecule has 3 heterocycles. The van der Waals surface area contributed by atoms with Crippen molar-refractivity contribution >= 4 is 38.5 Å². The average molecular weight is 742 g/mol. The van der Waals surface area contributed by atoms with Crippen LogP contribution in [0.4, 0.5) is 5.69 Å². The molecule has 3 aromatic heterocycles. The second-order valence-electron chi connectivity index (χ2n) is 9.92. The molecular weight excluding hydrogens is 719 g/mol. The van der Waals surface area contributed by atoms with Crippen LogP contribution in [0.25, 0.3) is 71.3 Å². The third kappa shape index (κ3) is 5.65. The molecule has 0 spiro atoms. The Kier molecular flexibility index (Phi) is 8.39. The number of fused-ring (bicyclic) bond motifs is 4. The predicted octanol–water partition coefficient (Wildman–Crippen LogP) is 10.4. The second-order valence-corrected chi connectivity index (χ2v) is 9.92. The molecule has 8 aromatic rings. The number of pyridine rings is 2. The summed E-state index contributed by atoms with van der Waals surface area (Å²) in [4.78, 5) is 12.6. The fourth-order valence-corrected chi connectivity index (χ4v) is 5.19. The SMILES string of the molecule is [C-]#[N+]c1cccc2nc(-c3[c-]cc4c(c3)oc3c(-c5ccccc5)cccc34)ccc12.[Ir].[c-]1ccccc1-c1ccccn1. The molecule has 0 saturated carbocycles. The van der Waals surface area contributed by atoms with E-state index in [1.54, 1.807) is 6.20 Å². The molecule has 0 aliphatic heterocycles. The van der Waals surface area contributed by atoms with Crippen molar-refractivity contribution in [2.75, 3.05) is 0 Å². The van der Waals surface area contributed by atoms with E-state index in [0.29, 0.717) is 5.69 Å². The van der Waals surface area contributed by atoms with E-state index < -0.39 is 0 Å². The van der Waals surface area contributed by atoms with Crippen molar-refractivity contribution in [1.29, 1.82) is 0 Å². The van der Waals surface area contributed by atoms with Gasteiger partial charge in [-0.25, -0.2) is 4.85 Å². The minimum Gasteiger partial charge on any atom is -0.476 e. The topological polar surface area (TPSA) is 43.3 Å². The van der Waals surface area contributed by atoms with Crippen molar-refractivity contribution in [2.45, 2.75) is 0 Å². The van der Waals surface area contributed by atoms with Crippen molar-refractivity contribution in [2.24, 2.45) is 0 Å². The molecule has 0 aliphatic carbocycles. The summed E-state index contributed by atoms with van der Waals surface area (Å²) >= 11 is 0. The quantitative estimate of drug-likeness (QED) is 0.169. The van der Waals surface area contributed by atoms with Crippen LogP contribution in [0.1, 0.15) is 0 Å². The number of para-hydroxylation sites is 1. The van der Waals surface area contributed by atoms with E-state index in [2.05, 4.69) is 52.3 Å². The molecule has 0 unspecified atom stereocenters. The van der Waals surface area contributed by atoms with Gasteiger partial charge in [0.25, 0.3) is 0 Å². The maximum absolute atomic E-state index is 7.34. The zero-order chi connectivity index (χ0) is 29.0. The molecule has 0 fully saturated rings. The van der Waals surface area contributed by atoms with Crippen molar-refractivity contribution in [1.82, 2.24) is 9.97 Å². The summed E-state index contributed by atoms with van der Waals surface area (Å²) in [6.07, 6.45) is 1.79. The minimum absolute atomic E-state index is 0. The monoisotopic (exact) mass is 742 g/mol. The molecule has 0 bridgehead atoms. The number of hydrogen-bond donors (Lipinski definition) is 0. The van der Waals surface area contributed by atoms with Crippen molar-refractivity contribution in [3.05, 3.63) is 163 Å². The summed E-state index contributed by atoms with van der Waals surface area (Å²) < 4.78 is 6.34. The van der Waals surface area contributed by atoms with Crippen molar-refractivity contribution in [3.8, 4) is 33.6 Å². The molecule has 44 heavy (non-hydrogen) atoms. The Bertz CT molecular complexity index is 2200. The van der Waals surface area contributed by atoms with Gasteiger partial charge in [-0.05, 0) is 34.5 Å². The van der Waals surface area contributed by atoms with Gasteiger partial charge >= 0.3 is 0 Å². The van der Waals surface area contributed by atoms with Gasteiger partial charge in [-0.15, -0.1) is 53.6 Å². The van der Waals surface area contributed by atoms with Crippen LogP contribution in [-0.4, -0.2) is 9.97 Å². The summed E-state index contributed by atoms with van der Waals surface area (Å²) in [7, 11) is 0. The van der Waals surface area contributed by atoms with Gasteiger partial charge in [0, 0.05) is 42.8 Å². The third-order valence-electron chi connectivity index (χ3n) is 7.27. The largest absolute Gasteiger partial charge is 0.476 e. The van der Waals surface area contributed by atoms with Gasteiger partial charge in [-0.1, -0.05) is 96.4 Å². The minimum atomic E-state index is 0. The van der Waals surface area contributed by atoms with E-state index in [1.165, 1.54) is 0 Å². The van der Waals surface area contributed by atoms with Crippen molar-refractivity contribution in [3.63, 3.8) is 0 Å². The number of aromatic nitrogens is 2. The predicted molar refractivity (Wildman–Crippen MR) is 173 cm³/mol. The standard InChI is InChI=1S/C28H15N2O.C11H8N.Ir/c1-29-25-11-6-12-26-23(25)15-16-24(30-26)19-13-14-21-22-10-5-9-20(18-7-3-2-4-8-18)28(22)31-27(21)17-19;1-2-6-10(7-3-1)11-8-4-5-9-12-11;/h2-12,14-17H;1-6,8-9H;/q2*-1;. The van der Waals surface area contributed by atoms with Gasteiger partial charge in [0.1, 0.15) is 5.58 Å². The first kappa shape index (κ1) is 28.7. The van der Waals surface area contributed by atoms with E-state index in [9.17, 15) is 0 Å². The molecule has 4 nitrogen and oxygen atoms in total. The zero-order valence-corrected chi connectivity index (χ0v) is 25.8. The molecule has 0 aliphatic rings. The molecule has 0 amide bonds. The van der Waals surface area contributed by atoms with Gasteiger partial charge in [0.15, 0.2) is 5.69 Å². The molecule has 8 rings (SSSR count). The van der Waals surface area contributed by atoms with Crippen molar-refractivity contribution < 1.29 is 24.5 Å². The summed E-state index contributed by atoms with van der Waals surface area (Å²) in [6, 6.07) is 50.2. The molecule has 0 atom stereocenters. The second kappa shape index (κ2) is 12.9. The number of furan rings is 1. The van der Waals surface area contributed by atoms with E-state index in [-0.39, 0.29) is 20.1 Å². The fourth-order valence-electron chi connectivity index (χ4n) is 5.19. The Balaban J connectivity index is 0.000000222. The van der Waals surface area contributed by atoms with Gasteiger partial charge in [-0.2, -0.15) is 0 Å². The van der Waals surface area contributed by atoms with Crippen LogP contribution in [0.5, 0.6) is 0 Å². The Morgan fingerprint density at radius 3 is 2.30 bits per heavy atom. The summed E-state index contributed by atoms with van der Waals surface area (Å²) in [5.41, 5.74) is 8.98. The Hall–Kier alpha value is -5.40. The molecule has 5 aromatic carbocycles. The van der Waals surface area contributed by atoms with E-state index in [4.69, 9.17) is 16.0 Å². The summed E-state index contributed by atoms with van der Waals surface area (Å²) in [5.74, 6) is 0. The van der Waals surface area contributed by atoms with Crippen LogP contribution in [0, 0.1) is 18.7 Å². The number of nitrogens with zero attached hydrogens (tertiary/aromatic N) is 3. The first-order valence-electron chi connectivity index (χ1n) is 13.9. The maximum Gasteiger partial charge on any atom is 0.196 e. The zero-order valence-electron chi connectivity index (χ0n) is 23.4. The van der Waals surface area contributed by atoms with Crippen LogP contribution in [-0.2, 0) is 20.1 Å². The van der Waals surface area contributed by atoms with Gasteiger partial charge in [0.2, 0.25) is 0 Å². The molecule has 0 N–H and O–H groups in total. The Morgan fingerprint density at radius 1 is 0.659 bits per heavy atom. The Labute approximate surface area is 268 Å². The smallest absolute Gasteiger partial charge is 0.196 e. The van der Waals surface area contributed by atoms with Crippen LogP contribution in [0.15, 0.2) is 144 Å². The maximum atomic E-state index is 7.34. The summed E-state index contributed by atoms with van der Waals surface area (Å²) in [6.45, 7) is 7.34. The first-order chi connectivity index (χ1) is 21.3. The number of benzene rings is 5. The van der Waals surface area contributed by atoms with E-state index in [1.807, 2.05) is 103 Å². The number of hydrogen-bond acceptors (Lipinski definition) is 3. The summed E-state index contributed by atoms with van der Waals surface area (Å²) in [5, 5.41) is 2.97. The molecule has 0 saturated heterocycles. The van der Waals surface area contributed by atoms with Gasteiger partial charge in [-0.3, -0.25) is 4.98 Å². The molecular formula is C39H23IrN3O-2. The van der Waals surface area contributed by atoms with Crippen LogP contribution < -0.4 is 0 Å². The first-order valence-corrected chi connectivity index (χ1v) is 13.9. The van der Waals surface area contributed by atoms with E-state index >= 15 is 0 Å². The molecule has 5 heteroatoms. The molecule has 211 valence electrons. The van der Waals surface area contributed by atoms with E-state index in [0.717, 1.165) is 66.5 Å². The normalized spacial score (nSPS) is 10.5. The molecule has 1 radical (unpaired) electrons. The van der Waals surface area contributed by atoms with Crippen LogP contribution in [0.2, 0.25) is 0 Å². The number of rotatable bonds is 3. The third-order valence-corrected chi connectivity index (χ3v) is 7.27. The fraction of sp³-hybridized carbons (Fsp3) is 0. The van der Waals surface area contributed by atoms with Crippen LogP contribution in [0.3, 0.4) is 0 Å². The van der Waals surface area contributed by atoms with Gasteiger partial charge < -0.3 is 9.40 Å². The van der Waals surface area contributed by atoms with Crippen LogP contribution >= 0.6 is 0 Å². The average Bonchev–Trinajstić information content (AvgIpc) is 3.47. The van der Waals surface area contributed by atoms with Gasteiger partial charge in [0.05, 0.1) is 12.2 Å².